The fourth-order valence-corrected chi connectivity index (χ4v) is 2.31. The highest BCUT2D eigenvalue weighted by Crippen LogP contribution is 2.19. The van der Waals surface area contributed by atoms with E-state index in [0.29, 0.717) is 18.9 Å². The third-order valence-electron chi connectivity index (χ3n) is 4.01. The minimum absolute atomic E-state index is 0.132. The van der Waals surface area contributed by atoms with Crippen molar-refractivity contribution in [2.45, 2.75) is 71.4 Å². The zero-order valence-electron chi connectivity index (χ0n) is 12.5. The lowest BCUT2D eigenvalue weighted by Crippen LogP contribution is -2.38. The van der Waals surface area contributed by atoms with Gasteiger partial charge >= 0.3 is 0 Å². The number of nitrogens with zero attached hydrogens (tertiary/aromatic N) is 2. The van der Waals surface area contributed by atoms with E-state index in [1.165, 1.54) is 0 Å². The molecule has 19 heavy (non-hydrogen) atoms. The van der Waals surface area contributed by atoms with Crippen molar-refractivity contribution >= 4 is 5.78 Å². The first-order valence-electron chi connectivity index (χ1n) is 7.30. The monoisotopic (exact) mass is 266 g/mol. The molecule has 1 rings (SSSR count). The summed E-state index contributed by atoms with van der Waals surface area (Å²) in [7, 11) is 0. The summed E-state index contributed by atoms with van der Waals surface area (Å²) in [5.74, 6) is -0.132. The topological polar surface area (TPSA) is 55.1 Å². The van der Waals surface area contributed by atoms with E-state index >= 15 is 0 Å². The quantitative estimate of drug-likeness (QED) is 0.787. The molecule has 4 heteroatoms. The van der Waals surface area contributed by atoms with Gasteiger partial charge in [0.25, 0.3) is 0 Å². The normalized spacial score (nSPS) is 12.1. The van der Waals surface area contributed by atoms with Crippen molar-refractivity contribution in [3.8, 4) is 0 Å². The SMILES string of the molecule is CCC(CC)n1ccc(CC(=O)C(O)(CC)CC)n1. The van der Waals surface area contributed by atoms with Crippen LogP contribution in [-0.4, -0.2) is 26.3 Å². The molecule has 0 saturated heterocycles. The second-order valence-corrected chi connectivity index (χ2v) is 5.10. The molecule has 0 radical (unpaired) electrons. The van der Waals surface area contributed by atoms with Crippen molar-refractivity contribution in [2.24, 2.45) is 0 Å². The van der Waals surface area contributed by atoms with Crippen LogP contribution in [0.3, 0.4) is 0 Å². The summed E-state index contributed by atoms with van der Waals surface area (Å²) in [6.07, 6.45) is 5.10. The Hall–Kier alpha value is -1.16. The Kier molecular flexibility index (Phi) is 5.73. The maximum atomic E-state index is 12.1. The van der Waals surface area contributed by atoms with Crippen LogP contribution in [-0.2, 0) is 11.2 Å². The lowest BCUT2D eigenvalue weighted by molar-refractivity contribution is -0.137. The van der Waals surface area contributed by atoms with Crippen molar-refractivity contribution in [2.75, 3.05) is 0 Å². The number of carbonyl (C=O) groups is 1. The number of carbonyl (C=O) groups excluding carboxylic acids is 1. The zero-order valence-corrected chi connectivity index (χ0v) is 12.5. The van der Waals surface area contributed by atoms with E-state index in [9.17, 15) is 9.90 Å². The zero-order chi connectivity index (χ0) is 14.5. The van der Waals surface area contributed by atoms with Gasteiger partial charge in [0.05, 0.1) is 18.2 Å². The molecule has 1 aromatic heterocycles. The Bertz CT molecular complexity index is 404. The number of Topliss-reactive ketones (excluding diaryl/α,β-unsaturated/α-hetero) is 1. The Balaban J connectivity index is 2.76. The lowest BCUT2D eigenvalue weighted by atomic mass is 9.90. The first kappa shape index (κ1) is 15.9. The number of hydrogen-bond acceptors (Lipinski definition) is 3. The molecule has 0 aromatic carbocycles. The number of ketones is 1. The van der Waals surface area contributed by atoms with Crippen molar-refractivity contribution in [3.05, 3.63) is 18.0 Å². The number of rotatable bonds is 8. The van der Waals surface area contributed by atoms with Gasteiger partial charge in [0.2, 0.25) is 0 Å². The van der Waals surface area contributed by atoms with Gasteiger partial charge in [0, 0.05) is 6.20 Å². The van der Waals surface area contributed by atoms with E-state index in [1.54, 1.807) is 0 Å². The van der Waals surface area contributed by atoms with Crippen LogP contribution in [0.15, 0.2) is 12.3 Å². The summed E-state index contributed by atoms with van der Waals surface area (Å²) >= 11 is 0. The van der Waals surface area contributed by atoms with Crippen LogP contribution >= 0.6 is 0 Å². The minimum Gasteiger partial charge on any atom is -0.382 e. The standard InChI is InChI=1S/C15H26N2O2/c1-5-13(6-2)17-10-9-12(16-17)11-14(18)15(19,7-3)8-4/h9-10,13,19H,5-8,11H2,1-4H3. The molecule has 0 aliphatic rings. The minimum atomic E-state index is -1.20. The molecule has 0 bridgehead atoms. The number of hydrogen-bond donors (Lipinski definition) is 1. The molecule has 0 saturated carbocycles. The van der Waals surface area contributed by atoms with Crippen LogP contribution in [0.25, 0.3) is 0 Å². The molecule has 0 unspecified atom stereocenters. The van der Waals surface area contributed by atoms with Gasteiger partial charge in [-0.3, -0.25) is 9.48 Å². The van der Waals surface area contributed by atoms with Crippen LogP contribution in [0.2, 0.25) is 0 Å². The first-order valence-corrected chi connectivity index (χ1v) is 7.30. The smallest absolute Gasteiger partial charge is 0.170 e. The Morgan fingerprint density at radius 3 is 2.37 bits per heavy atom. The van der Waals surface area contributed by atoms with Crippen molar-refractivity contribution < 1.29 is 9.90 Å². The molecule has 0 amide bonds. The van der Waals surface area contributed by atoms with Gasteiger partial charge in [-0.1, -0.05) is 27.7 Å². The molecular weight excluding hydrogens is 240 g/mol. The van der Waals surface area contributed by atoms with E-state index in [-0.39, 0.29) is 12.2 Å². The summed E-state index contributed by atoms with van der Waals surface area (Å²) in [4.78, 5) is 12.1. The van der Waals surface area contributed by atoms with Crippen molar-refractivity contribution in [1.82, 2.24) is 9.78 Å². The largest absolute Gasteiger partial charge is 0.382 e. The highest BCUT2D eigenvalue weighted by Gasteiger charge is 2.31. The second-order valence-electron chi connectivity index (χ2n) is 5.10. The van der Waals surface area contributed by atoms with Gasteiger partial charge in [-0.05, 0) is 31.7 Å². The average Bonchev–Trinajstić information content (AvgIpc) is 2.87. The van der Waals surface area contributed by atoms with Crippen LogP contribution in [0.1, 0.15) is 65.1 Å². The summed E-state index contributed by atoms with van der Waals surface area (Å²) in [6, 6.07) is 2.27. The predicted molar refractivity (Wildman–Crippen MR) is 76.1 cm³/mol. The Morgan fingerprint density at radius 1 is 1.32 bits per heavy atom. The third-order valence-corrected chi connectivity index (χ3v) is 4.01. The van der Waals surface area contributed by atoms with Crippen LogP contribution in [0, 0.1) is 0 Å². The van der Waals surface area contributed by atoms with Crippen molar-refractivity contribution in [1.29, 1.82) is 0 Å². The van der Waals surface area contributed by atoms with E-state index < -0.39 is 5.60 Å². The summed E-state index contributed by atoms with van der Waals surface area (Å²) in [5.41, 5.74) is -0.448. The van der Waals surface area contributed by atoms with Gasteiger partial charge in [0.1, 0.15) is 5.60 Å². The van der Waals surface area contributed by atoms with Crippen molar-refractivity contribution in [3.63, 3.8) is 0 Å². The second kappa shape index (κ2) is 6.85. The summed E-state index contributed by atoms with van der Waals surface area (Å²) < 4.78 is 1.93. The lowest BCUT2D eigenvalue weighted by Gasteiger charge is -2.22. The molecule has 0 aliphatic heterocycles. The Labute approximate surface area is 115 Å². The molecule has 0 aliphatic carbocycles. The highest BCUT2D eigenvalue weighted by atomic mass is 16.3. The molecule has 0 spiro atoms. The average molecular weight is 266 g/mol. The molecule has 1 heterocycles. The van der Waals surface area contributed by atoms with E-state index in [1.807, 2.05) is 30.8 Å². The van der Waals surface area contributed by atoms with E-state index in [4.69, 9.17) is 0 Å². The summed E-state index contributed by atoms with van der Waals surface area (Å²) in [5, 5.41) is 14.6. The maximum Gasteiger partial charge on any atom is 0.170 e. The molecule has 108 valence electrons. The highest BCUT2D eigenvalue weighted by molar-refractivity contribution is 5.88. The van der Waals surface area contributed by atoms with Gasteiger partial charge in [-0.25, -0.2) is 0 Å². The van der Waals surface area contributed by atoms with Crippen LogP contribution in [0.5, 0.6) is 0 Å². The Morgan fingerprint density at radius 2 is 1.89 bits per heavy atom. The van der Waals surface area contributed by atoms with Gasteiger partial charge < -0.3 is 5.11 Å². The fraction of sp³-hybridized carbons (Fsp3) is 0.733. The first-order chi connectivity index (χ1) is 9.00. The molecule has 4 nitrogen and oxygen atoms in total. The van der Waals surface area contributed by atoms with E-state index in [2.05, 4.69) is 18.9 Å². The van der Waals surface area contributed by atoms with Gasteiger partial charge in [-0.15, -0.1) is 0 Å². The molecule has 1 aromatic rings. The number of aliphatic hydroxyl groups is 1. The molecule has 1 N–H and O–H groups in total. The predicted octanol–water partition coefficient (Wildman–Crippen LogP) is 2.91. The van der Waals surface area contributed by atoms with Gasteiger partial charge in [0.15, 0.2) is 5.78 Å². The van der Waals surface area contributed by atoms with Crippen LogP contribution < -0.4 is 0 Å². The maximum absolute atomic E-state index is 12.1. The molecule has 0 atom stereocenters. The van der Waals surface area contributed by atoms with Gasteiger partial charge in [-0.2, -0.15) is 5.10 Å². The third kappa shape index (κ3) is 3.66. The number of aromatic nitrogens is 2. The summed E-state index contributed by atoms with van der Waals surface area (Å²) in [6.45, 7) is 7.94. The molecule has 0 fully saturated rings. The van der Waals surface area contributed by atoms with E-state index in [0.717, 1.165) is 18.5 Å². The fourth-order valence-electron chi connectivity index (χ4n) is 2.31. The van der Waals surface area contributed by atoms with Crippen LogP contribution in [0.4, 0.5) is 0 Å². The molecular formula is C15H26N2O2.